The maximum Gasteiger partial charge on any atom is 0.264 e. The van der Waals surface area contributed by atoms with Gasteiger partial charge in [0.2, 0.25) is 0 Å². The highest BCUT2D eigenvalue weighted by atomic mass is 32.2. The number of carbonyl (C=O) groups is 1. The van der Waals surface area contributed by atoms with Crippen molar-refractivity contribution in [2.75, 3.05) is 18.0 Å². The first-order valence-corrected chi connectivity index (χ1v) is 11.5. The van der Waals surface area contributed by atoms with Gasteiger partial charge in [0.1, 0.15) is 11.6 Å². The lowest BCUT2D eigenvalue weighted by Crippen LogP contribution is -2.28. The Morgan fingerprint density at radius 3 is 2.31 bits per heavy atom. The molecular formula is C24H25FN2O4S. The molecule has 8 heteroatoms. The molecule has 0 atom stereocenters. The van der Waals surface area contributed by atoms with E-state index < -0.39 is 15.9 Å². The van der Waals surface area contributed by atoms with Crippen molar-refractivity contribution in [1.29, 1.82) is 0 Å². The van der Waals surface area contributed by atoms with Gasteiger partial charge in [-0.2, -0.15) is 0 Å². The lowest BCUT2D eigenvalue weighted by Gasteiger charge is -2.20. The van der Waals surface area contributed by atoms with E-state index in [1.807, 2.05) is 6.92 Å². The van der Waals surface area contributed by atoms with Gasteiger partial charge in [0.25, 0.3) is 15.9 Å². The molecule has 0 heterocycles. The number of sulfonamides is 1. The minimum absolute atomic E-state index is 0.00594. The molecule has 3 aromatic carbocycles. The van der Waals surface area contributed by atoms with Crippen LogP contribution in [0.4, 0.5) is 10.1 Å². The summed E-state index contributed by atoms with van der Waals surface area (Å²) in [4.78, 5) is 12.7. The number of halogens is 1. The van der Waals surface area contributed by atoms with Crippen LogP contribution in [0.25, 0.3) is 0 Å². The number of ether oxygens (including phenoxy) is 1. The van der Waals surface area contributed by atoms with Gasteiger partial charge in [-0.1, -0.05) is 18.2 Å². The Kier molecular flexibility index (Phi) is 7.15. The second kappa shape index (κ2) is 9.82. The van der Waals surface area contributed by atoms with Gasteiger partial charge in [0, 0.05) is 19.2 Å². The Morgan fingerprint density at radius 2 is 1.69 bits per heavy atom. The van der Waals surface area contributed by atoms with E-state index in [9.17, 15) is 17.6 Å². The van der Waals surface area contributed by atoms with Crippen LogP contribution >= 0.6 is 0 Å². The van der Waals surface area contributed by atoms with Gasteiger partial charge in [-0.15, -0.1) is 0 Å². The fraction of sp³-hybridized carbons (Fsp3) is 0.208. The van der Waals surface area contributed by atoms with Gasteiger partial charge < -0.3 is 10.1 Å². The summed E-state index contributed by atoms with van der Waals surface area (Å²) in [6.07, 6.45) is 0. The summed E-state index contributed by atoms with van der Waals surface area (Å²) in [6, 6.07) is 17.0. The van der Waals surface area contributed by atoms with Gasteiger partial charge in [0.15, 0.2) is 0 Å². The van der Waals surface area contributed by atoms with Crippen molar-refractivity contribution >= 4 is 21.6 Å². The zero-order valence-electron chi connectivity index (χ0n) is 18.1. The van der Waals surface area contributed by atoms with Crippen molar-refractivity contribution in [3.05, 3.63) is 89.2 Å². The number of nitrogens with zero attached hydrogens (tertiary/aromatic N) is 1. The number of rotatable bonds is 8. The van der Waals surface area contributed by atoms with Crippen LogP contribution in [0, 0.1) is 12.7 Å². The number of amides is 1. The number of aryl methyl sites for hydroxylation is 1. The predicted molar refractivity (Wildman–Crippen MR) is 122 cm³/mol. The molecule has 0 radical (unpaired) electrons. The molecule has 0 aliphatic carbocycles. The highest BCUT2D eigenvalue weighted by Gasteiger charge is 2.23. The van der Waals surface area contributed by atoms with Crippen LogP contribution in [0.15, 0.2) is 71.6 Å². The Hall–Kier alpha value is -3.39. The summed E-state index contributed by atoms with van der Waals surface area (Å²) in [7, 11) is -2.43. The van der Waals surface area contributed by atoms with Crippen molar-refractivity contribution in [3.8, 4) is 5.75 Å². The van der Waals surface area contributed by atoms with Gasteiger partial charge in [-0.05, 0) is 73.5 Å². The minimum Gasteiger partial charge on any atom is -0.494 e. The standard InChI is InChI=1S/C24H25FN2O4S/c1-4-31-21-12-10-20(11-13-21)27(3)32(29,30)22-14-5-17(2)23(15-22)24(28)26-16-18-6-8-19(25)9-7-18/h5-15H,4,16H2,1-3H3,(H,26,28). The van der Waals surface area contributed by atoms with E-state index in [0.717, 1.165) is 9.87 Å². The summed E-state index contributed by atoms with van der Waals surface area (Å²) in [5, 5.41) is 2.75. The molecule has 0 bridgehead atoms. The van der Waals surface area contributed by atoms with Gasteiger partial charge in [-0.25, -0.2) is 12.8 Å². The summed E-state index contributed by atoms with van der Waals surface area (Å²) in [5.41, 5.74) is 2.10. The summed E-state index contributed by atoms with van der Waals surface area (Å²) in [6.45, 7) is 4.32. The van der Waals surface area contributed by atoms with Crippen LogP contribution in [0.5, 0.6) is 5.75 Å². The molecule has 0 aliphatic heterocycles. The number of carbonyl (C=O) groups excluding carboxylic acids is 1. The third kappa shape index (κ3) is 5.26. The van der Waals surface area contributed by atoms with Crippen molar-refractivity contribution < 1.29 is 22.3 Å². The first kappa shape index (κ1) is 23.3. The molecule has 0 fully saturated rings. The number of benzene rings is 3. The number of anilines is 1. The Balaban J connectivity index is 1.80. The fourth-order valence-corrected chi connectivity index (χ4v) is 4.32. The van der Waals surface area contributed by atoms with Gasteiger partial charge in [-0.3, -0.25) is 9.10 Å². The normalized spacial score (nSPS) is 11.1. The van der Waals surface area contributed by atoms with E-state index in [-0.39, 0.29) is 22.8 Å². The fourth-order valence-electron chi connectivity index (χ4n) is 3.10. The molecule has 0 aromatic heterocycles. The Labute approximate surface area is 187 Å². The number of hydrogen-bond donors (Lipinski definition) is 1. The summed E-state index contributed by atoms with van der Waals surface area (Å²) < 4.78 is 45.9. The molecule has 1 amide bonds. The molecule has 0 aliphatic rings. The molecule has 6 nitrogen and oxygen atoms in total. The molecule has 0 saturated carbocycles. The molecule has 1 N–H and O–H groups in total. The summed E-state index contributed by atoms with van der Waals surface area (Å²) >= 11 is 0. The van der Waals surface area contributed by atoms with E-state index in [4.69, 9.17) is 4.74 Å². The molecule has 0 saturated heterocycles. The van der Waals surface area contributed by atoms with Crippen LogP contribution in [0.1, 0.15) is 28.4 Å². The first-order valence-electron chi connectivity index (χ1n) is 10.1. The van der Waals surface area contributed by atoms with Crippen LogP contribution in [-0.4, -0.2) is 28.0 Å². The largest absolute Gasteiger partial charge is 0.494 e. The minimum atomic E-state index is -3.89. The second-order valence-electron chi connectivity index (χ2n) is 7.19. The maximum absolute atomic E-state index is 13.2. The van der Waals surface area contributed by atoms with Crippen LogP contribution in [0.3, 0.4) is 0 Å². The smallest absolute Gasteiger partial charge is 0.264 e. The van der Waals surface area contributed by atoms with E-state index in [0.29, 0.717) is 23.6 Å². The van der Waals surface area contributed by atoms with Crippen molar-refractivity contribution in [2.45, 2.75) is 25.3 Å². The zero-order valence-corrected chi connectivity index (χ0v) is 18.9. The maximum atomic E-state index is 13.2. The molecule has 168 valence electrons. The third-order valence-corrected chi connectivity index (χ3v) is 6.77. The lowest BCUT2D eigenvalue weighted by atomic mass is 10.1. The zero-order chi connectivity index (χ0) is 23.3. The lowest BCUT2D eigenvalue weighted by molar-refractivity contribution is 0.0950. The highest BCUT2D eigenvalue weighted by molar-refractivity contribution is 7.92. The SMILES string of the molecule is CCOc1ccc(N(C)S(=O)(=O)c2ccc(C)c(C(=O)NCc3ccc(F)cc3)c2)cc1. The molecule has 32 heavy (non-hydrogen) atoms. The molecule has 3 rings (SSSR count). The van der Waals surface area contributed by atoms with Crippen molar-refractivity contribution in [3.63, 3.8) is 0 Å². The third-order valence-electron chi connectivity index (χ3n) is 4.99. The van der Waals surface area contributed by atoms with E-state index in [1.54, 1.807) is 49.4 Å². The van der Waals surface area contributed by atoms with Crippen LogP contribution in [-0.2, 0) is 16.6 Å². The van der Waals surface area contributed by atoms with Crippen LogP contribution < -0.4 is 14.4 Å². The number of hydrogen-bond acceptors (Lipinski definition) is 4. The first-order chi connectivity index (χ1) is 15.2. The summed E-state index contributed by atoms with van der Waals surface area (Å²) in [5.74, 6) is -0.115. The molecule has 0 spiro atoms. The Bertz CT molecular complexity index is 1190. The topological polar surface area (TPSA) is 75.7 Å². The Morgan fingerprint density at radius 1 is 1.03 bits per heavy atom. The van der Waals surface area contributed by atoms with Crippen LogP contribution in [0.2, 0.25) is 0 Å². The second-order valence-corrected chi connectivity index (χ2v) is 9.15. The van der Waals surface area contributed by atoms with Gasteiger partial charge >= 0.3 is 0 Å². The van der Waals surface area contributed by atoms with Crippen molar-refractivity contribution in [1.82, 2.24) is 5.32 Å². The quantitative estimate of drug-likeness (QED) is 0.549. The van der Waals surface area contributed by atoms with E-state index in [2.05, 4.69) is 5.32 Å². The number of nitrogens with one attached hydrogen (secondary N) is 1. The predicted octanol–water partition coefficient (Wildman–Crippen LogP) is 4.29. The average molecular weight is 457 g/mol. The van der Waals surface area contributed by atoms with E-state index >= 15 is 0 Å². The van der Waals surface area contributed by atoms with Gasteiger partial charge in [0.05, 0.1) is 17.2 Å². The monoisotopic (exact) mass is 456 g/mol. The molecule has 3 aromatic rings. The van der Waals surface area contributed by atoms with Crippen molar-refractivity contribution in [2.24, 2.45) is 0 Å². The molecule has 0 unspecified atom stereocenters. The molecular weight excluding hydrogens is 431 g/mol. The average Bonchev–Trinajstić information content (AvgIpc) is 2.79. The highest BCUT2D eigenvalue weighted by Crippen LogP contribution is 2.25. The van der Waals surface area contributed by atoms with E-state index in [1.165, 1.54) is 31.3 Å².